The summed E-state index contributed by atoms with van der Waals surface area (Å²) < 4.78 is 50.2. The van der Waals surface area contributed by atoms with Crippen LogP contribution in [0.15, 0.2) is 71.2 Å². The molecular weight excluding hydrogens is 465 g/mol. The average molecular weight is 482 g/mol. The molecule has 0 aromatic heterocycles. The van der Waals surface area contributed by atoms with E-state index in [9.17, 15) is 33.3 Å². The summed E-state index contributed by atoms with van der Waals surface area (Å²) in [6.07, 6.45) is -4.80. The molecule has 35 heavy (non-hydrogen) atoms. The fraction of sp³-hybridized carbons (Fsp3) is 0.167. The van der Waals surface area contributed by atoms with Crippen LogP contribution >= 0.6 is 0 Å². The normalized spacial score (nSPS) is 15.9. The summed E-state index contributed by atoms with van der Waals surface area (Å²) in [5, 5.41) is 19.6. The van der Waals surface area contributed by atoms with Gasteiger partial charge in [-0.1, -0.05) is 30.3 Å². The lowest BCUT2D eigenvalue weighted by atomic mass is 9.80. The zero-order chi connectivity index (χ0) is 25.9. The van der Waals surface area contributed by atoms with Gasteiger partial charge in [-0.2, -0.15) is 23.7 Å². The Morgan fingerprint density at radius 3 is 2.14 bits per heavy atom. The van der Waals surface area contributed by atoms with Crippen molar-refractivity contribution in [3.05, 3.63) is 87.9 Å². The molecule has 2 aromatic rings. The van der Waals surface area contributed by atoms with Crippen molar-refractivity contribution in [1.29, 1.82) is 10.5 Å². The first kappa shape index (κ1) is 24.9. The highest BCUT2D eigenvalue weighted by molar-refractivity contribution is 6.06. The fourth-order valence-corrected chi connectivity index (χ4v) is 3.75. The van der Waals surface area contributed by atoms with Gasteiger partial charge >= 0.3 is 18.1 Å². The van der Waals surface area contributed by atoms with E-state index in [0.29, 0.717) is 17.7 Å². The Hall–Kier alpha value is -4.77. The number of nitriles is 2. The summed E-state index contributed by atoms with van der Waals surface area (Å²) in [6, 6.07) is 13.9. The maximum atomic E-state index is 13.5. The van der Waals surface area contributed by atoms with Crippen LogP contribution < -0.4 is 10.6 Å². The van der Waals surface area contributed by atoms with Gasteiger partial charge in [-0.05, 0) is 23.8 Å². The number of benzene rings is 2. The van der Waals surface area contributed by atoms with E-state index in [0.717, 1.165) is 25.2 Å². The van der Waals surface area contributed by atoms with Crippen molar-refractivity contribution in [3.8, 4) is 12.1 Å². The van der Waals surface area contributed by atoms with Gasteiger partial charge in [0.25, 0.3) is 0 Å². The van der Waals surface area contributed by atoms with Crippen molar-refractivity contribution in [3.63, 3.8) is 0 Å². The summed E-state index contributed by atoms with van der Waals surface area (Å²) in [4.78, 5) is 26.7. The molecule has 178 valence electrons. The van der Waals surface area contributed by atoms with Crippen LogP contribution in [0.4, 0.5) is 18.9 Å². The molecule has 0 amide bonds. The molecule has 0 spiro atoms. The summed E-state index contributed by atoms with van der Waals surface area (Å²) in [7, 11) is 2.03. The number of nitrogens with two attached hydrogens (primary N) is 1. The molecule has 3 rings (SSSR count). The molecule has 2 N–H and O–H groups in total. The lowest BCUT2D eigenvalue weighted by molar-refractivity contribution is -0.139. The minimum atomic E-state index is -4.80. The number of allylic oxidation sites excluding steroid dienone is 1. The first-order chi connectivity index (χ1) is 16.6. The summed E-state index contributed by atoms with van der Waals surface area (Å²) in [5.74, 6) is -3.84. The summed E-state index contributed by atoms with van der Waals surface area (Å²) >= 11 is 0. The molecule has 1 aliphatic heterocycles. The van der Waals surface area contributed by atoms with Crippen molar-refractivity contribution < 1.29 is 32.2 Å². The van der Waals surface area contributed by atoms with Crippen LogP contribution in [0.5, 0.6) is 0 Å². The van der Waals surface area contributed by atoms with E-state index in [1.54, 1.807) is 36.4 Å². The van der Waals surface area contributed by atoms with Crippen molar-refractivity contribution in [2.75, 3.05) is 19.1 Å². The van der Waals surface area contributed by atoms with Gasteiger partial charge in [0.1, 0.15) is 17.6 Å². The van der Waals surface area contributed by atoms with Crippen LogP contribution in [-0.4, -0.2) is 26.2 Å². The van der Waals surface area contributed by atoms with Crippen LogP contribution in [0.1, 0.15) is 22.6 Å². The van der Waals surface area contributed by atoms with E-state index in [-0.39, 0.29) is 11.1 Å². The van der Waals surface area contributed by atoms with Gasteiger partial charge in [0.15, 0.2) is 0 Å². The molecule has 8 nitrogen and oxygen atoms in total. The van der Waals surface area contributed by atoms with Crippen LogP contribution in [0, 0.1) is 22.7 Å². The third-order valence-corrected chi connectivity index (χ3v) is 5.30. The Morgan fingerprint density at radius 2 is 1.63 bits per heavy atom. The molecule has 2 aromatic carbocycles. The Kier molecular flexibility index (Phi) is 6.83. The second kappa shape index (κ2) is 9.61. The number of carbonyl (C=O) groups excluding carboxylic acids is 2. The Bertz CT molecular complexity index is 1340. The predicted molar refractivity (Wildman–Crippen MR) is 116 cm³/mol. The third-order valence-electron chi connectivity index (χ3n) is 5.30. The van der Waals surface area contributed by atoms with Crippen molar-refractivity contribution >= 4 is 17.6 Å². The Labute approximate surface area is 197 Å². The zero-order valence-electron chi connectivity index (χ0n) is 18.4. The highest BCUT2D eigenvalue weighted by Gasteiger charge is 2.44. The number of anilines is 1. The first-order valence-electron chi connectivity index (χ1n) is 9.87. The molecule has 0 radical (unpaired) electrons. The monoisotopic (exact) mass is 482 g/mol. The number of carbonyl (C=O) groups is 2. The molecule has 1 heterocycles. The van der Waals surface area contributed by atoms with Gasteiger partial charge in [-0.15, -0.1) is 0 Å². The van der Waals surface area contributed by atoms with Crippen LogP contribution in [0.3, 0.4) is 0 Å². The van der Waals surface area contributed by atoms with E-state index >= 15 is 0 Å². The average Bonchev–Trinajstić information content (AvgIpc) is 2.86. The maximum Gasteiger partial charge on any atom is 0.416 e. The largest absolute Gasteiger partial charge is 0.466 e. The van der Waals surface area contributed by atoms with E-state index in [4.69, 9.17) is 15.2 Å². The molecule has 1 unspecified atom stereocenters. The lowest BCUT2D eigenvalue weighted by Gasteiger charge is -2.36. The van der Waals surface area contributed by atoms with E-state index in [1.165, 1.54) is 0 Å². The van der Waals surface area contributed by atoms with Crippen molar-refractivity contribution in [2.24, 2.45) is 5.73 Å². The summed E-state index contributed by atoms with van der Waals surface area (Å²) in [6.45, 7) is 0. The summed E-state index contributed by atoms with van der Waals surface area (Å²) in [5.41, 5.74) is 3.51. The van der Waals surface area contributed by atoms with E-state index in [2.05, 4.69) is 0 Å². The second-order valence-corrected chi connectivity index (χ2v) is 7.18. The van der Waals surface area contributed by atoms with Crippen LogP contribution in [0.2, 0.25) is 0 Å². The quantitative estimate of drug-likeness (QED) is 0.656. The molecular formula is C24H17F3N4O4. The molecule has 1 atom stereocenters. The van der Waals surface area contributed by atoms with Crippen molar-refractivity contribution in [2.45, 2.75) is 12.1 Å². The molecule has 0 saturated heterocycles. The number of hydrogen-bond acceptors (Lipinski definition) is 8. The number of ether oxygens (including phenoxy) is 2. The van der Waals surface area contributed by atoms with Crippen molar-refractivity contribution in [1.82, 2.24) is 0 Å². The van der Waals surface area contributed by atoms with Gasteiger partial charge < -0.3 is 15.2 Å². The maximum absolute atomic E-state index is 13.5. The smallest absolute Gasteiger partial charge is 0.416 e. The first-order valence-corrected chi connectivity index (χ1v) is 9.87. The zero-order valence-corrected chi connectivity index (χ0v) is 18.4. The second-order valence-electron chi connectivity index (χ2n) is 7.18. The number of hydrogen-bond donors (Lipinski definition) is 1. The molecule has 0 fully saturated rings. The van der Waals surface area contributed by atoms with Gasteiger partial charge in [-0.3, -0.25) is 4.90 Å². The Morgan fingerprint density at radius 1 is 1.00 bits per heavy atom. The van der Waals surface area contributed by atoms with E-state index in [1.807, 2.05) is 6.07 Å². The molecule has 1 aliphatic rings. The van der Waals surface area contributed by atoms with Gasteiger partial charge in [0.05, 0.1) is 54.2 Å². The third kappa shape index (κ3) is 4.39. The highest BCUT2D eigenvalue weighted by atomic mass is 19.4. The fourth-order valence-electron chi connectivity index (χ4n) is 3.75. The van der Waals surface area contributed by atoms with Crippen LogP contribution in [-0.2, 0) is 25.2 Å². The van der Waals surface area contributed by atoms with Crippen LogP contribution in [0.25, 0.3) is 0 Å². The number of alkyl halides is 3. The number of rotatable bonds is 4. The molecule has 11 heteroatoms. The van der Waals surface area contributed by atoms with Gasteiger partial charge in [0.2, 0.25) is 0 Å². The number of methoxy groups -OCH3 is 2. The Balaban J connectivity index is 2.49. The molecule has 0 saturated carbocycles. The standard InChI is InChI=1S/C24H17F3N4O4/c1-34-22(32)19-18(13-6-4-3-5-7-13)16(12-29)21(30)31(20(19)23(33)35-2)17-10-15(24(25,26)27)9-8-14(17)11-28/h3-10,18H,30H2,1-2H3. The minimum absolute atomic E-state index is 0.245. The number of esters is 2. The topological polar surface area (TPSA) is 129 Å². The number of nitrogens with zero attached hydrogens (tertiary/aromatic N) is 3. The SMILES string of the molecule is COC(=O)C1=C(C(=O)OC)N(c2cc(C(F)(F)F)ccc2C#N)C(N)=C(C#N)C1c1ccccc1. The molecule has 0 aliphatic carbocycles. The minimum Gasteiger partial charge on any atom is -0.466 e. The molecule has 0 bridgehead atoms. The number of halogens is 3. The van der Waals surface area contributed by atoms with E-state index < -0.39 is 52.4 Å². The predicted octanol–water partition coefficient (Wildman–Crippen LogP) is 3.47. The lowest BCUT2D eigenvalue weighted by Crippen LogP contribution is -2.41. The van der Waals surface area contributed by atoms with Gasteiger partial charge in [-0.25, -0.2) is 9.59 Å². The highest BCUT2D eigenvalue weighted by Crippen LogP contribution is 2.44. The van der Waals surface area contributed by atoms with Gasteiger partial charge in [0, 0.05) is 0 Å².